The van der Waals surface area contributed by atoms with Crippen LogP contribution in [0, 0.1) is 0 Å². The van der Waals surface area contributed by atoms with Gasteiger partial charge in [0.1, 0.15) is 0 Å². The summed E-state index contributed by atoms with van der Waals surface area (Å²) in [5, 5.41) is 45.9. The number of hydrogen-bond donors (Lipinski definition) is 5. The van der Waals surface area contributed by atoms with E-state index in [1.54, 1.807) is 36.4 Å². The van der Waals surface area contributed by atoms with Crippen molar-refractivity contribution < 1.29 is 29.5 Å². The lowest BCUT2D eigenvalue weighted by molar-refractivity contribution is 0.373. The van der Waals surface area contributed by atoms with Crippen molar-refractivity contribution >= 4 is 37.0 Å². The highest BCUT2D eigenvalue weighted by atomic mass is 35.5. The molecule has 0 atom stereocenters. The van der Waals surface area contributed by atoms with E-state index >= 15 is 0 Å². The summed E-state index contributed by atoms with van der Waals surface area (Å²) in [6, 6.07) is 14.4. The van der Waals surface area contributed by atoms with Gasteiger partial charge in [0.25, 0.3) is 5.96 Å². The molecular formula is C25H27ClN6O6. The first kappa shape index (κ1) is 29.3. The van der Waals surface area contributed by atoms with Crippen LogP contribution >= 0.6 is 12.4 Å². The van der Waals surface area contributed by atoms with Gasteiger partial charge in [0, 0.05) is 0 Å². The van der Waals surface area contributed by atoms with Gasteiger partial charge in [-0.15, -0.1) is 17.5 Å². The number of phenolic OH excluding ortho intramolecular Hbond substituents is 3. The van der Waals surface area contributed by atoms with Crippen LogP contribution in [0.3, 0.4) is 0 Å². The molecule has 0 amide bonds. The summed E-state index contributed by atoms with van der Waals surface area (Å²) in [6.07, 6.45) is 4.32. The number of ether oxygens (including phenoxy) is 3. The van der Waals surface area contributed by atoms with Crippen molar-refractivity contribution in [2.45, 2.75) is 0 Å². The van der Waals surface area contributed by atoms with Gasteiger partial charge in [-0.05, 0) is 71.3 Å². The lowest BCUT2D eigenvalue weighted by Gasteiger charge is -2.05. The number of phenols is 3. The minimum absolute atomic E-state index is 0. The van der Waals surface area contributed by atoms with Crippen molar-refractivity contribution in [1.82, 2.24) is 10.9 Å². The van der Waals surface area contributed by atoms with E-state index in [1.165, 1.54) is 58.2 Å². The number of aromatic hydroxyl groups is 3. The molecule has 3 rings (SSSR count). The van der Waals surface area contributed by atoms with Crippen LogP contribution in [-0.4, -0.2) is 61.3 Å². The summed E-state index contributed by atoms with van der Waals surface area (Å²) in [5.41, 5.74) is 7.13. The average Bonchev–Trinajstić information content (AvgIpc) is 2.89. The molecule has 13 heteroatoms. The van der Waals surface area contributed by atoms with Gasteiger partial charge in [-0.3, -0.25) is 0 Å². The van der Waals surface area contributed by atoms with Crippen LogP contribution in [-0.2, 0) is 0 Å². The van der Waals surface area contributed by atoms with Crippen LogP contribution in [0.5, 0.6) is 34.5 Å². The number of hydrazone groups is 2. The van der Waals surface area contributed by atoms with Crippen molar-refractivity contribution in [3.8, 4) is 34.5 Å². The molecule has 0 aliphatic rings. The van der Waals surface area contributed by atoms with Crippen molar-refractivity contribution in [1.29, 1.82) is 0 Å². The van der Waals surface area contributed by atoms with E-state index in [0.717, 1.165) is 0 Å². The normalized spacial score (nSPS) is 10.8. The Morgan fingerprint density at radius 1 is 0.632 bits per heavy atom. The summed E-state index contributed by atoms with van der Waals surface area (Å²) in [4.78, 5) is 0. The van der Waals surface area contributed by atoms with E-state index in [0.29, 0.717) is 33.9 Å². The zero-order valence-corrected chi connectivity index (χ0v) is 21.5. The Bertz CT molecular complexity index is 1280. The van der Waals surface area contributed by atoms with Gasteiger partial charge in [-0.25, -0.2) is 10.9 Å². The van der Waals surface area contributed by atoms with Crippen LogP contribution in [0.4, 0.5) is 0 Å². The molecule has 0 spiro atoms. The molecule has 0 fully saturated rings. The predicted molar refractivity (Wildman–Crippen MR) is 148 cm³/mol. The van der Waals surface area contributed by atoms with Crippen molar-refractivity contribution in [3.63, 3.8) is 0 Å². The first-order chi connectivity index (χ1) is 17.9. The summed E-state index contributed by atoms with van der Waals surface area (Å²) in [7, 11) is 4.37. The SMILES string of the molecule is COc1ccc(C=NN=C(NN=Cc2ccc(OC)c(O)c2)NN=Cc2ccc(OC)c(O)c2)cc1O.Cl. The molecule has 3 aromatic carbocycles. The Balaban J connectivity index is 0.00000507. The van der Waals surface area contributed by atoms with Crippen LogP contribution in [0.15, 0.2) is 75.0 Å². The number of nitrogens with zero attached hydrogens (tertiary/aromatic N) is 4. The molecule has 0 heterocycles. The minimum Gasteiger partial charge on any atom is -0.504 e. The molecule has 0 aliphatic heterocycles. The van der Waals surface area contributed by atoms with E-state index in [1.807, 2.05) is 0 Å². The highest BCUT2D eigenvalue weighted by Crippen LogP contribution is 2.27. The molecule has 0 saturated heterocycles. The topological polar surface area (TPSA) is 162 Å². The first-order valence-corrected chi connectivity index (χ1v) is 10.7. The Morgan fingerprint density at radius 3 is 1.34 bits per heavy atom. The zero-order chi connectivity index (χ0) is 26.6. The summed E-state index contributed by atoms with van der Waals surface area (Å²) in [6.45, 7) is 0. The highest BCUT2D eigenvalue weighted by Gasteiger charge is 2.03. The first-order valence-electron chi connectivity index (χ1n) is 10.7. The fourth-order valence-corrected chi connectivity index (χ4v) is 2.92. The maximum absolute atomic E-state index is 9.92. The van der Waals surface area contributed by atoms with Gasteiger partial charge >= 0.3 is 0 Å². The predicted octanol–water partition coefficient (Wildman–Crippen LogP) is 3.19. The van der Waals surface area contributed by atoms with Gasteiger partial charge in [-0.2, -0.15) is 15.3 Å². The van der Waals surface area contributed by atoms with Crippen LogP contribution in [0.1, 0.15) is 16.7 Å². The fraction of sp³-hybridized carbons (Fsp3) is 0.120. The minimum atomic E-state index is -0.0356. The van der Waals surface area contributed by atoms with Crippen molar-refractivity contribution in [2.75, 3.05) is 21.3 Å². The third-order valence-corrected chi connectivity index (χ3v) is 4.74. The molecule has 0 unspecified atom stereocenters. The second-order valence-electron chi connectivity index (χ2n) is 7.23. The van der Waals surface area contributed by atoms with Gasteiger partial charge in [-0.1, -0.05) is 0 Å². The number of guanidine groups is 1. The fourth-order valence-electron chi connectivity index (χ4n) is 2.92. The van der Waals surface area contributed by atoms with Crippen LogP contribution in [0.2, 0.25) is 0 Å². The maximum atomic E-state index is 9.92. The highest BCUT2D eigenvalue weighted by molar-refractivity contribution is 5.87. The Hall–Kier alpha value is -4.97. The van der Waals surface area contributed by atoms with E-state index < -0.39 is 0 Å². The van der Waals surface area contributed by atoms with E-state index in [2.05, 4.69) is 31.3 Å². The Kier molecular flexibility index (Phi) is 11.2. The van der Waals surface area contributed by atoms with Gasteiger partial charge in [0.2, 0.25) is 0 Å². The van der Waals surface area contributed by atoms with Gasteiger partial charge < -0.3 is 29.5 Å². The second kappa shape index (κ2) is 14.6. The number of nitrogens with one attached hydrogen (secondary N) is 2. The zero-order valence-electron chi connectivity index (χ0n) is 20.7. The lowest BCUT2D eigenvalue weighted by atomic mass is 10.2. The molecule has 5 N–H and O–H groups in total. The monoisotopic (exact) mass is 542 g/mol. The summed E-state index contributed by atoms with van der Waals surface area (Å²) in [5.74, 6) is 0.973. The Morgan fingerprint density at radius 2 is 1.00 bits per heavy atom. The van der Waals surface area contributed by atoms with Gasteiger partial charge in [0.05, 0.1) is 40.0 Å². The maximum Gasteiger partial charge on any atom is 0.257 e. The molecule has 0 bridgehead atoms. The number of methoxy groups -OCH3 is 3. The summed E-state index contributed by atoms with van der Waals surface area (Å²) >= 11 is 0. The Labute approximate surface area is 225 Å². The molecule has 0 saturated carbocycles. The number of halogens is 1. The van der Waals surface area contributed by atoms with E-state index in [4.69, 9.17) is 14.2 Å². The molecular weight excluding hydrogens is 516 g/mol. The molecule has 0 aromatic heterocycles. The largest absolute Gasteiger partial charge is 0.504 e. The lowest BCUT2D eigenvalue weighted by Crippen LogP contribution is -2.30. The molecule has 38 heavy (non-hydrogen) atoms. The number of rotatable bonds is 9. The summed E-state index contributed by atoms with van der Waals surface area (Å²) < 4.78 is 15.1. The smallest absolute Gasteiger partial charge is 0.257 e. The molecule has 12 nitrogen and oxygen atoms in total. The standard InChI is InChI=1S/C25H26N6O6.ClH/c1-35-22-7-4-16(10-19(22)32)13-26-29-25(30-27-14-17-5-8-23(36-2)20(33)11-17)31-28-15-18-6-9-24(37-3)21(34)12-18;/h4-15,32-34H,1-3H3,(H2,29,30,31);1H. The third kappa shape index (κ3) is 8.31. The quantitative estimate of drug-likeness (QED) is 0.156. The molecule has 0 radical (unpaired) electrons. The van der Waals surface area contributed by atoms with Crippen molar-refractivity contribution in [3.05, 3.63) is 71.3 Å². The molecule has 0 aliphatic carbocycles. The van der Waals surface area contributed by atoms with E-state index in [9.17, 15) is 15.3 Å². The van der Waals surface area contributed by atoms with Crippen LogP contribution in [0.25, 0.3) is 0 Å². The third-order valence-electron chi connectivity index (χ3n) is 4.74. The van der Waals surface area contributed by atoms with E-state index in [-0.39, 0.29) is 35.6 Å². The molecule has 3 aromatic rings. The number of benzene rings is 3. The average molecular weight is 543 g/mol. The van der Waals surface area contributed by atoms with Gasteiger partial charge in [0.15, 0.2) is 34.5 Å². The van der Waals surface area contributed by atoms with Crippen molar-refractivity contribution in [2.24, 2.45) is 20.4 Å². The second-order valence-corrected chi connectivity index (χ2v) is 7.23. The van der Waals surface area contributed by atoms with Crippen LogP contribution < -0.4 is 25.1 Å². The number of hydrogen-bond acceptors (Lipinski definition) is 10. The molecule has 200 valence electrons.